The Morgan fingerprint density at radius 1 is 1.33 bits per heavy atom. The molecule has 84 valence electrons. The number of benzene rings is 1. The van der Waals surface area contributed by atoms with Gasteiger partial charge in [-0.2, -0.15) is 0 Å². The molecule has 1 rings (SSSR count). The molecule has 0 aromatic heterocycles. The molecule has 1 aromatic carbocycles. The third kappa shape index (κ3) is 3.30. The number of aliphatic hydroxyl groups excluding tert-OH is 2. The highest BCUT2D eigenvalue weighted by molar-refractivity contribution is 5.23. The van der Waals surface area contributed by atoms with Crippen LogP contribution in [-0.2, 0) is 5.54 Å². The second kappa shape index (κ2) is 5.26. The van der Waals surface area contributed by atoms with E-state index in [0.717, 1.165) is 5.56 Å². The molecule has 3 nitrogen and oxygen atoms in total. The zero-order valence-corrected chi connectivity index (χ0v) is 9.27. The van der Waals surface area contributed by atoms with Gasteiger partial charge in [-0.3, -0.25) is 0 Å². The first-order valence-electron chi connectivity index (χ1n) is 5.18. The van der Waals surface area contributed by atoms with E-state index >= 15 is 0 Å². The van der Waals surface area contributed by atoms with Crippen LogP contribution in [0.3, 0.4) is 0 Å². The molecule has 3 heteroatoms. The highest BCUT2D eigenvalue weighted by Gasteiger charge is 2.24. The number of hydrogen-bond acceptors (Lipinski definition) is 3. The van der Waals surface area contributed by atoms with Crippen LogP contribution in [0.5, 0.6) is 0 Å². The quantitative estimate of drug-likeness (QED) is 0.674. The minimum atomic E-state index is -0.488. The van der Waals surface area contributed by atoms with Crippen molar-refractivity contribution in [3.8, 4) is 0 Å². The Morgan fingerprint density at radius 3 is 2.40 bits per heavy atom. The molecule has 0 aliphatic carbocycles. The van der Waals surface area contributed by atoms with Gasteiger partial charge >= 0.3 is 0 Å². The topological polar surface area (TPSA) is 52.5 Å². The van der Waals surface area contributed by atoms with Crippen LogP contribution in [-0.4, -0.2) is 29.5 Å². The van der Waals surface area contributed by atoms with Gasteiger partial charge in [-0.1, -0.05) is 30.3 Å². The Kier molecular flexibility index (Phi) is 4.27. The van der Waals surface area contributed by atoms with Crippen LogP contribution in [0.2, 0.25) is 0 Å². The summed E-state index contributed by atoms with van der Waals surface area (Å²) < 4.78 is 0. The van der Waals surface area contributed by atoms with Crippen LogP contribution < -0.4 is 5.32 Å². The molecule has 3 N–H and O–H groups in total. The molecule has 0 bridgehead atoms. The van der Waals surface area contributed by atoms with Crippen LogP contribution in [0.4, 0.5) is 0 Å². The fourth-order valence-electron chi connectivity index (χ4n) is 1.43. The first-order chi connectivity index (χ1) is 7.08. The molecule has 0 heterocycles. The Morgan fingerprint density at radius 2 is 1.93 bits per heavy atom. The number of hydrogen-bond donors (Lipinski definition) is 3. The Labute approximate surface area is 90.8 Å². The summed E-state index contributed by atoms with van der Waals surface area (Å²) in [5.74, 6) is 0. The van der Waals surface area contributed by atoms with Gasteiger partial charge in [-0.15, -0.1) is 0 Å². The van der Waals surface area contributed by atoms with Crippen molar-refractivity contribution >= 4 is 0 Å². The summed E-state index contributed by atoms with van der Waals surface area (Å²) in [6.45, 7) is 4.11. The predicted molar refractivity (Wildman–Crippen MR) is 60.6 cm³/mol. The first kappa shape index (κ1) is 12.2. The van der Waals surface area contributed by atoms with Crippen molar-refractivity contribution in [1.29, 1.82) is 0 Å². The van der Waals surface area contributed by atoms with Gasteiger partial charge in [-0.25, -0.2) is 0 Å². The van der Waals surface area contributed by atoms with Crippen molar-refractivity contribution in [2.45, 2.75) is 25.5 Å². The summed E-state index contributed by atoms with van der Waals surface area (Å²) in [6.07, 6.45) is -0.417. The fourth-order valence-corrected chi connectivity index (χ4v) is 1.43. The molecular formula is C12H19NO2. The average molecular weight is 209 g/mol. The van der Waals surface area contributed by atoms with Crippen LogP contribution >= 0.6 is 0 Å². The lowest BCUT2D eigenvalue weighted by Gasteiger charge is -2.30. The van der Waals surface area contributed by atoms with Gasteiger partial charge in [0.15, 0.2) is 0 Å². The van der Waals surface area contributed by atoms with Gasteiger partial charge in [0.05, 0.1) is 18.2 Å². The molecule has 0 radical (unpaired) electrons. The van der Waals surface area contributed by atoms with E-state index in [1.54, 1.807) is 6.92 Å². The highest BCUT2D eigenvalue weighted by Crippen LogP contribution is 2.19. The van der Waals surface area contributed by atoms with Gasteiger partial charge in [-0.05, 0) is 19.4 Å². The monoisotopic (exact) mass is 209 g/mol. The second-order valence-corrected chi connectivity index (χ2v) is 4.09. The summed E-state index contributed by atoms with van der Waals surface area (Å²) in [7, 11) is 0. The summed E-state index contributed by atoms with van der Waals surface area (Å²) in [6, 6.07) is 9.74. The van der Waals surface area contributed by atoms with Gasteiger partial charge in [0.25, 0.3) is 0 Å². The molecule has 0 aliphatic heterocycles. The Hall–Kier alpha value is -0.900. The van der Waals surface area contributed by atoms with Crippen molar-refractivity contribution < 1.29 is 10.2 Å². The standard InChI is InChI=1S/C12H19NO2/c1-10(15)8-13-12(2,9-14)11-6-4-3-5-7-11/h3-7,10,13-15H,8-9H2,1-2H3/t10-,12?/m1/s1. The maximum Gasteiger partial charge on any atom is 0.0652 e. The van der Waals surface area contributed by atoms with E-state index in [2.05, 4.69) is 5.32 Å². The van der Waals surface area contributed by atoms with Crippen molar-refractivity contribution in [2.24, 2.45) is 0 Å². The molecule has 15 heavy (non-hydrogen) atoms. The van der Waals surface area contributed by atoms with Crippen molar-refractivity contribution in [2.75, 3.05) is 13.2 Å². The number of nitrogens with one attached hydrogen (secondary N) is 1. The molecule has 0 saturated carbocycles. The van der Waals surface area contributed by atoms with E-state index < -0.39 is 11.6 Å². The van der Waals surface area contributed by atoms with Gasteiger partial charge in [0.1, 0.15) is 0 Å². The van der Waals surface area contributed by atoms with Crippen LogP contribution in [0, 0.1) is 0 Å². The zero-order chi connectivity index (χ0) is 11.3. The van der Waals surface area contributed by atoms with E-state index in [1.807, 2.05) is 37.3 Å². The largest absolute Gasteiger partial charge is 0.394 e. The molecule has 1 unspecified atom stereocenters. The minimum absolute atomic E-state index is 0.00370. The van der Waals surface area contributed by atoms with Crippen LogP contribution in [0.1, 0.15) is 19.4 Å². The van der Waals surface area contributed by atoms with E-state index in [9.17, 15) is 10.2 Å². The molecular weight excluding hydrogens is 190 g/mol. The maximum absolute atomic E-state index is 9.41. The number of rotatable bonds is 5. The molecule has 0 fully saturated rings. The second-order valence-electron chi connectivity index (χ2n) is 4.09. The molecule has 0 aliphatic rings. The number of aliphatic hydroxyl groups is 2. The summed E-state index contributed by atoms with van der Waals surface area (Å²) in [5.41, 5.74) is 0.534. The lowest BCUT2D eigenvalue weighted by atomic mass is 9.93. The minimum Gasteiger partial charge on any atom is -0.394 e. The molecule has 0 amide bonds. The predicted octanol–water partition coefficient (Wildman–Crippen LogP) is 0.865. The van der Waals surface area contributed by atoms with Crippen LogP contribution in [0.15, 0.2) is 30.3 Å². The molecule has 0 saturated heterocycles. The molecule has 1 aromatic rings. The Balaban J connectivity index is 2.76. The third-order valence-electron chi connectivity index (χ3n) is 2.51. The average Bonchev–Trinajstić information content (AvgIpc) is 2.27. The first-order valence-corrected chi connectivity index (χ1v) is 5.18. The van der Waals surface area contributed by atoms with Gasteiger partial charge in [0.2, 0.25) is 0 Å². The van der Waals surface area contributed by atoms with E-state index in [0.29, 0.717) is 6.54 Å². The molecule has 0 spiro atoms. The maximum atomic E-state index is 9.41. The van der Waals surface area contributed by atoms with Crippen molar-refractivity contribution in [3.63, 3.8) is 0 Å². The van der Waals surface area contributed by atoms with E-state index in [-0.39, 0.29) is 6.61 Å². The van der Waals surface area contributed by atoms with Crippen molar-refractivity contribution in [3.05, 3.63) is 35.9 Å². The Bertz CT molecular complexity index is 287. The summed E-state index contributed by atoms with van der Waals surface area (Å²) in [5, 5.41) is 21.8. The lowest BCUT2D eigenvalue weighted by Crippen LogP contribution is -2.45. The highest BCUT2D eigenvalue weighted by atomic mass is 16.3. The van der Waals surface area contributed by atoms with Crippen LogP contribution in [0.25, 0.3) is 0 Å². The summed E-state index contributed by atoms with van der Waals surface area (Å²) >= 11 is 0. The van der Waals surface area contributed by atoms with E-state index in [4.69, 9.17) is 0 Å². The van der Waals surface area contributed by atoms with Crippen molar-refractivity contribution in [1.82, 2.24) is 5.32 Å². The normalized spacial score (nSPS) is 17.1. The fraction of sp³-hybridized carbons (Fsp3) is 0.500. The van der Waals surface area contributed by atoms with Gasteiger partial charge in [0, 0.05) is 6.54 Å². The zero-order valence-electron chi connectivity index (χ0n) is 9.27. The molecule has 2 atom stereocenters. The SMILES string of the molecule is C[C@@H](O)CNC(C)(CO)c1ccccc1. The lowest BCUT2D eigenvalue weighted by molar-refractivity contribution is 0.137. The smallest absolute Gasteiger partial charge is 0.0652 e. The van der Waals surface area contributed by atoms with E-state index in [1.165, 1.54) is 0 Å². The van der Waals surface area contributed by atoms with Gasteiger partial charge < -0.3 is 15.5 Å². The third-order valence-corrected chi connectivity index (χ3v) is 2.51. The summed E-state index contributed by atoms with van der Waals surface area (Å²) in [4.78, 5) is 0.